The highest BCUT2D eigenvalue weighted by Gasteiger charge is 2.16. The average Bonchev–Trinajstić information content (AvgIpc) is 3.20. The van der Waals surface area contributed by atoms with Crippen molar-refractivity contribution in [2.24, 2.45) is 0 Å². The predicted octanol–water partition coefficient (Wildman–Crippen LogP) is 5.45. The lowest BCUT2D eigenvalue weighted by Crippen LogP contribution is -2.26. The number of hydrogen-bond acceptors (Lipinski definition) is 4. The normalized spacial score (nSPS) is 12.8. The molecular weight excluding hydrogens is 420 g/mol. The molecule has 1 N–H and O–H groups in total. The monoisotopic (exact) mass is 444 g/mol. The standard InChI is InChI=1S/C26H24N2O3S/c1-18(20-9-5-3-6-10-20)27-25(29)21-13-15-22(16-14-21)26-28-24(19(2)31-26)17-32(30)23-11-7-4-8-12-23/h3-16,18H,17H2,1-2H3,(H,27,29)/t18-,32-/m1/s1. The molecule has 1 aromatic heterocycles. The zero-order chi connectivity index (χ0) is 22.5. The van der Waals surface area contributed by atoms with Gasteiger partial charge in [-0.05, 0) is 55.8 Å². The van der Waals surface area contributed by atoms with Gasteiger partial charge in [-0.15, -0.1) is 0 Å². The van der Waals surface area contributed by atoms with Crippen LogP contribution < -0.4 is 5.32 Å². The van der Waals surface area contributed by atoms with Crippen LogP contribution in [0.15, 0.2) is 94.2 Å². The van der Waals surface area contributed by atoms with Crippen molar-refractivity contribution in [1.82, 2.24) is 10.3 Å². The molecule has 4 rings (SSSR count). The number of carbonyl (C=O) groups excluding carboxylic acids is 1. The number of amides is 1. The third-order valence-electron chi connectivity index (χ3n) is 5.21. The highest BCUT2D eigenvalue weighted by Crippen LogP contribution is 2.24. The Morgan fingerprint density at radius 2 is 1.59 bits per heavy atom. The number of benzene rings is 3. The quantitative estimate of drug-likeness (QED) is 0.411. The minimum atomic E-state index is -1.19. The number of aryl methyl sites for hydroxylation is 1. The lowest BCUT2D eigenvalue weighted by atomic mass is 10.1. The molecule has 0 aliphatic carbocycles. The summed E-state index contributed by atoms with van der Waals surface area (Å²) in [6, 6.07) is 26.2. The van der Waals surface area contributed by atoms with Crippen LogP contribution in [0.4, 0.5) is 0 Å². The van der Waals surface area contributed by atoms with E-state index in [9.17, 15) is 9.00 Å². The Kier molecular flexibility index (Phi) is 6.61. The highest BCUT2D eigenvalue weighted by molar-refractivity contribution is 7.84. The molecule has 1 heterocycles. The third kappa shape index (κ3) is 5.03. The Bertz CT molecular complexity index is 1220. The van der Waals surface area contributed by atoms with E-state index in [2.05, 4.69) is 10.3 Å². The van der Waals surface area contributed by atoms with E-state index in [0.29, 0.717) is 22.9 Å². The molecule has 0 aliphatic heterocycles. The Morgan fingerprint density at radius 3 is 2.25 bits per heavy atom. The summed E-state index contributed by atoms with van der Waals surface area (Å²) < 4.78 is 18.4. The fourth-order valence-corrected chi connectivity index (χ4v) is 4.48. The van der Waals surface area contributed by atoms with Crippen LogP contribution in [0.25, 0.3) is 11.5 Å². The average molecular weight is 445 g/mol. The number of aromatic nitrogens is 1. The third-order valence-corrected chi connectivity index (χ3v) is 6.54. The smallest absolute Gasteiger partial charge is 0.251 e. The summed E-state index contributed by atoms with van der Waals surface area (Å²) in [6.07, 6.45) is 0. The van der Waals surface area contributed by atoms with E-state index in [4.69, 9.17) is 4.42 Å². The second kappa shape index (κ2) is 9.75. The van der Waals surface area contributed by atoms with Crippen molar-refractivity contribution in [2.75, 3.05) is 0 Å². The molecule has 0 unspecified atom stereocenters. The Balaban J connectivity index is 1.44. The number of oxazole rings is 1. The van der Waals surface area contributed by atoms with Crippen LogP contribution in [0.1, 0.15) is 40.3 Å². The zero-order valence-electron chi connectivity index (χ0n) is 17.9. The van der Waals surface area contributed by atoms with Gasteiger partial charge in [-0.1, -0.05) is 48.5 Å². The van der Waals surface area contributed by atoms with Crippen LogP contribution in [0, 0.1) is 6.92 Å². The molecule has 0 saturated heterocycles. The van der Waals surface area contributed by atoms with Crippen molar-refractivity contribution < 1.29 is 13.4 Å². The number of carbonyl (C=O) groups is 1. The Labute approximate surface area is 190 Å². The fraction of sp³-hybridized carbons (Fsp3) is 0.154. The molecule has 0 aliphatic rings. The maximum Gasteiger partial charge on any atom is 0.251 e. The number of nitrogens with zero attached hydrogens (tertiary/aromatic N) is 1. The first-order valence-electron chi connectivity index (χ1n) is 10.4. The summed E-state index contributed by atoms with van der Waals surface area (Å²) in [5.74, 6) is 1.24. The number of rotatable bonds is 7. The first-order valence-corrected chi connectivity index (χ1v) is 11.7. The summed E-state index contributed by atoms with van der Waals surface area (Å²) >= 11 is 0. The number of hydrogen-bond donors (Lipinski definition) is 1. The van der Waals surface area contributed by atoms with Gasteiger partial charge in [0.2, 0.25) is 5.89 Å². The van der Waals surface area contributed by atoms with Gasteiger partial charge in [-0.2, -0.15) is 0 Å². The van der Waals surface area contributed by atoms with Crippen molar-refractivity contribution in [3.63, 3.8) is 0 Å². The Morgan fingerprint density at radius 1 is 0.969 bits per heavy atom. The predicted molar refractivity (Wildman–Crippen MR) is 126 cm³/mol. The van der Waals surface area contributed by atoms with Crippen LogP contribution in [0.2, 0.25) is 0 Å². The van der Waals surface area contributed by atoms with E-state index in [1.54, 1.807) is 12.1 Å². The second-order valence-electron chi connectivity index (χ2n) is 7.51. The van der Waals surface area contributed by atoms with E-state index in [1.807, 2.05) is 86.6 Å². The summed E-state index contributed by atoms with van der Waals surface area (Å²) in [7, 11) is -1.19. The molecule has 0 fully saturated rings. The minimum Gasteiger partial charge on any atom is -0.441 e. The molecule has 3 aromatic carbocycles. The van der Waals surface area contributed by atoms with Crippen LogP contribution in [0.3, 0.4) is 0 Å². The molecule has 0 spiro atoms. The summed E-state index contributed by atoms with van der Waals surface area (Å²) in [4.78, 5) is 17.9. The number of nitrogens with one attached hydrogen (secondary N) is 1. The zero-order valence-corrected chi connectivity index (χ0v) is 18.8. The van der Waals surface area contributed by atoms with E-state index >= 15 is 0 Å². The molecule has 2 atom stereocenters. The molecule has 5 nitrogen and oxygen atoms in total. The van der Waals surface area contributed by atoms with Crippen LogP contribution >= 0.6 is 0 Å². The molecule has 0 saturated carbocycles. The summed E-state index contributed by atoms with van der Waals surface area (Å²) in [5.41, 5.74) is 3.04. The molecule has 162 valence electrons. The van der Waals surface area contributed by atoms with Gasteiger partial charge in [-0.25, -0.2) is 4.98 Å². The van der Waals surface area contributed by atoms with Gasteiger partial charge in [-0.3, -0.25) is 9.00 Å². The van der Waals surface area contributed by atoms with Gasteiger partial charge in [0.25, 0.3) is 5.91 Å². The maximum absolute atomic E-state index is 12.6. The lowest BCUT2D eigenvalue weighted by Gasteiger charge is -2.14. The van der Waals surface area contributed by atoms with E-state index in [0.717, 1.165) is 16.0 Å². The lowest BCUT2D eigenvalue weighted by molar-refractivity contribution is 0.0940. The van der Waals surface area contributed by atoms with E-state index in [1.165, 1.54) is 0 Å². The first-order chi connectivity index (χ1) is 15.5. The second-order valence-corrected chi connectivity index (χ2v) is 8.96. The fourth-order valence-electron chi connectivity index (χ4n) is 3.33. The topological polar surface area (TPSA) is 72.2 Å². The van der Waals surface area contributed by atoms with Gasteiger partial charge < -0.3 is 9.73 Å². The maximum atomic E-state index is 12.6. The minimum absolute atomic E-state index is 0.0918. The first kappa shape index (κ1) is 21.7. The van der Waals surface area contributed by atoms with Crippen LogP contribution in [-0.4, -0.2) is 15.1 Å². The summed E-state index contributed by atoms with van der Waals surface area (Å²) in [6.45, 7) is 3.78. The van der Waals surface area contributed by atoms with Gasteiger partial charge >= 0.3 is 0 Å². The van der Waals surface area contributed by atoms with Gasteiger partial charge in [0.15, 0.2) is 0 Å². The molecule has 0 radical (unpaired) electrons. The van der Waals surface area contributed by atoms with Gasteiger partial charge in [0.05, 0.1) is 28.3 Å². The highest BCUT2D eigenvalue weighted by atomic mass is 32.2. The van der Waals surface area contributed by atoms with Gasteiger partial charge in [0, 0.05) is 16.0 Å². The molecule has 4 aromatic rings. The molecule has 32 heavy (non-hydrogen) atoms. The van der Waals surface area contributed by atoms with Crippen molar-refractivity contribution in [2.45, 2.75) is 30.5 Å². The van der Waals surface area contributed by atoms with Crippen molar-refractivity contribution in [3.8, 4) is 11.5 Å². The van der Waals surface area contributed by atoms with Crippen molar-refractivity contribution in [3.05, 3.63) is 108 Å². The SMILES string of the molecule is Cc1oc(-c2ccc(C(=O)N[C@H](C)c3ccccc3)cc2)nc1C[S@@](=O)c1ccccc1. The molecule has 6 heteroatoms. The molecule has 0 bridgehead atoms. The van der Waals surface area contributed by atoms with Crippen LogP contribution in [0.5, 0.6) is 0 Å². The van der Waals surface area contributed by atoms with Crippen LogP contribution in [-0.2, 0) is 16.6 Å². The largest absolute Gasteiger partial charge is 0.441 e. The molecular formula is C26H24N2O3S. The molecule has 1 amide bonds. The van der Waals surface area contributed by atoms with E-state index < -0.39 is 10.8 Å². The van der Waals surface area contributed by atoms with E-state index in [-0.39, 0.29) is 17.7 Å². The van der Waals surface area contributed by atoms with Gasteiger partial charge in [0.1, 0.15) is 5.76 Å². The van der Waals surface area contributed by atoms with Crippen molar-refractivity contribution >= 4 is 16.7 Å². The van der Waals surface area contributed by atoms with Crippen molar-refractivity contribution in [1.29, 1.82) is 0 Å². The Hall–Kier alpha value is -3.51. The summed E-state index contributed by atoms with van der Waals surface area (Å²) in [5, 5.41) is 3.01.